The van der Waals surface area contributed by atoms with E-state index in [9.17, 15) is 4.57 Å². The van der Waals surface area contributed by atoms with Crippen LogP contribution >= 0.6 is 18.9 Å². The highest BCUT2D eigenvalue weighted by Gasteiger charge is 2.16. The fourth-order valence-corrected chi connectivity index (χ4v) is 4.20. The predicted octanol–water partition coefficient (Wildman–Crippen LogP) is 3.76. The van der Waals surface area contributed by atoms with Crippen LogP contribution in [-0.2, 0) is 17.1 Å². The SMILES string of the molecule is O=P(O)(O)Cc1ccc(Cc2cc3ccccc3o2)s1. The smallest absolute Gasteiger partial charge is 0.330 e. The van der Waals surface area contributed by atoms with Gasteiger partial charge in [-0.15, -0.1) is 11.3 Å². The van der Waals surface area contributed by atoms with Crippen LogP contribution in [0.1, 0.15) is 15.5 Å². The van der Waals surface area contributed by atoms with Gasteiger partial charge in [0.25, 0.3) is 0 Å². The molecular weight excluding hydrogens is 295 g/mol. The van der Waals surface area contributed by atoms with Gasteiger partial charge in [0.05, 0.1) is 6.16 Å². The molecule has 1 aromatic carbocycles. The molecule has 0 aliphatic heterocycles. The van der Waals surface area contributed by atoms with Crippen molar-refractivity contribution in [1.29, 1.82) is 0 Å². The highest BCUT2D eigenvalue weighted by Crippen LogP contribution is 2.41. The summed E-state index contributed by atoms with van der Waals surface area (Å²) < 4.78 is 16.7. The van der Waals surface area contributed by atoms with E-state index in [2.05, 4.69) is 0 Å². The van der Waals surface area contributed by atoms with Crippen molar-refractivity contribution in [3.63, 3.8) is 0 Å². The van der Waals surface area contributed by atoms with E-state index in [4.69, 9.17) is 14.2 Å². The van der Waals surface area contributed by atoms with Crippen LogP contribution in [-0.4, -0.2) is 9.79 Å². The van der Waals surface area contributed by atoms with Gasteiger partial charge in [0, 0.05) is 21.6 Å². The molecule has 2 aromatic heterocycles. The van der Waals surface area contributed by atoms with Gasteiger partial charge in [-0.2, -0.15) is 0 Å². The Balaban J connectivity index is 1.79. The minimum absolute atomic E-state index is 0.197. The Hall–Kier alpha value is -1.39. The number of fused-ring (bicyclic) bond motifs is 1. The highest BCUT2D eigenvalue weighted by molar-refractivity contribution is 7.51. The van der Waals surface area contributed by atoms with Gasteiger partial charge in [-0.3, -0.25) is 4.57 Å². The molecule has 6 heteroatoms. The molecular formula is C14H13O4PS. The zero-order valence-electron chi connectivity index (χ0n) is 10.5. The van der Waals surface area contributed by atoms with E-state index in [1.165, 1.54) is 11.3 Å². The summed E-state index contributed by atoms with van der Waals surface area (Å²) in [5.74, 6) is 0.857. The molecule has 0 spiro atoms. The average Bonchev–Trinajstić information content (AvgIpc) is 2.93. The van der Waals surface area contributed by atoms with E-state index in [0.717, 1.165) is 21.6 Å². The third-order valence-electron chi connectivity index (χ3n) is 2.90. The minimum atomic E-state index is -3.99. The molecule has 2 heterocycles. The molecule has 3 rings (SSSR count). The van der Waals surface area contributed by atoms with Crippen LogP contribution in [0, 0.1) is 0 Å². The van der Waals surface area contributed by atoms with E-state index >= 15 is 0 Å². The van der Waals surface area contributed by atoms with Gasteiger partial charge in [-0.25, -0.2) is 0 Å². The van der Waals surface area contributed by atoms with E-state index < -0.39 is 7.60 Å². The Morgan fingerprint density at radius 1 is 1.10 bits per heavy atom. The summed E-state index contributed by atoms with van der Waals surface area (Å²) in [4.78, 5) is 19.7. The molecule has 0 radical (unpaired) electrons. The molecule has 0 amide bonds. The highest BCUT2D eigenvalue weighted by atomic mass is 32.1. The Morgan fingerprint density at radius 2 is 1.85 bits per heavy atom. The summed E-state index contributed by atoms with van der Waals surface area (Å²) in [5.41, 5.74) is 0.856. The normalized spacial score (nSPS) is 12.1. The topological polar surface area (TPSA) is 70.7 Å². The van der Waals surface area contributed by atoms with Gasteiger partial charge < -0.3 is 14.2 Å². The van der Waals surface area contributed by atoms with Crippen LogP contribution < -0.4 is 0 Å². The number of furan rings is 1. The summed E-state index contributed by atoms with van der Waals surface area (Å²) in [7, 11) is -3.99. The van der Waals surface area contributed by atoms with Gasteiger partial charge in [0.2, 0.25) is 0 Å². The first-order valence-corrected chi connectivity index (χ1v) is 8.71. The van der Waals surface area contributed by atoms with Crippen molar-refractivity contribution < 1.29 is 18.8 Å². The predicted molar refractivity (Wildman–Crippen MR) is 79.1 cm³/mol. The van der Waals surface area contributed by atoms with Crippen molar-refractivity contribution in [2.24, 2.45) is 0 Å². The number of thiophene rings is 1. The quantitative estimate of drug-likeness (QED) is 0.720. The molecule has 104 valence electrons. The van der Waals surface area contributed by atoms with Crippen LogP contribution in [0.25, 0.3) is 11.0 Å². The van der Waals surface area contributed by atoms with Crippen molar-refractivity contribution in [3.8, 4) is 0 Å². The molecule has 4 nitrogen and oxygen atoms in total. The second-order valence-electron chi connectivity index (χ2n) is 4.62. The van der Waals surface area contributed by atoms with E-state index in [-0.39, 0.29) is 6.16 Å². The van der Waals surface area contributed by atoms with Crippen molar-refractivity contribution in [2.75, 3.05) is 0 Å². The maximum atomic E-state index is 11.0. The van der Waals surface area contributed by atoms with Crippen molar-refractivity contribution in [2.45, 2.75) is 12.6 Å². The number of hydrogen-bond acceptors (Lipinski definition) is 3. The number of para-hydroxylation sites is 1. The fourth-order valence-electron chi connectivity index (χ4n) is 2.10. The summed E-state index contributed by atoms with van der Waals surface area (Å²) in [5, 5.41) is 1.06. The Kier molecular flexibility index (Phi) is 3.52. The molecule has 0 aliphatic carbocycles. The number of rotatable bonds is 4. The van der Waals surface area contributed by atoms with Gasteiger partial charge in [0.1, 0.15) is 11.3 Å². The lowest BCUT2D eigenvalue weighted by molar-refractivity contribution is 0.372. The average molecular weight is 308 g/mol. The summed E-state index contributed by atoms with van der Waals surface area (Å²) >= 11 is 1.41. The van der Waals surface area contributed by atoms with E-state index in [1.807, 2.05) is 36.4 Å². The zero-order valence-corrected chi connectivity index (χ0v) is 12.2. The molecule has 0 bridgehead atoms. The first-order chi connectivity index (χ1) is 9.49. The Labute approximate surface area is 119 Å². The van der Waals surface area contributed by atoms with E-state index in [0.29, 0.717) is 11.3 Å². The monoisotopic (exact) mass is 308 g/mol. The van der Waals surface area contributed by atoms with Crippen LogP contribution in [0.15, 0.2) is 46.9 Å². The lowest BCUT2D eigenvalue weighted by Gasteiger charge is -1.99. The van der Waals surface area contributed by atoms with Crippen molar-refractivity contribution >= 4 is 29.9 Å². The molecule has 0 atom stereocenters. The summed E-state index contributed by atoms with van der Waals surface area (Å²) in [6, 6.07) is 13.5. The molecule has 3 aromatic rings. The Morgan fingerprint density at radius 3 is 2.60 bits per heavy atom. The molecule has 20 heavy (non-hydrogen) atoms. The van der Waals surface area contributed by atoms with Crippen LogP contribution in [0.3, 0.4) is 0 Å². The zero-order chi connectivity index (χ0) is 14.2. The van der Waals surface area contributed by atoms with Gasteiger partial charge in [-0.1, -0.05) is 18.2 Å². The molecule has 2 N–H and O–H groups in total. The molecule has 0 saturated heterocycles. The van der Waals surface area contributed by atoms with Crippen molar-refractivity contribution in [1.82, 2.24) is 0 Å². The molecule has 0 unspecified atom stereocenters. The lowest BCUT2D eigenvalue weighted by Crippen LogP contribution is -1.81. The first kappa shape index (κ1) is 13.6. The van der Waals surface area contributed by atoms with Crippen LogP contribution in [0.2, 0.25) is 0 Å². The molecule has 0 fully saturated rings. The minimum Gasteiger partial charge on any atom is -0.461 e. The lowest BCUT2D eigenvalue weighted by atomic mass is 10.2. The first-order valence-electron chi connectivity index (χ1n) is 6.09. The standard InChI is InChI=1S/C14H13O4PS/c15-19(16,17)9-13-6-5-12(20-13)8-11-7-10-3-1-2-4-14(10)18-11/h1-7H,8-9H2,(H2,15,16,17). The maximum absolute atomic E-state index is 11.0. The second-order valence-corrected chi connectivity index (χ2v) is 7.52. The summed E-state index contributed by atoms with van der Waals surface area (Å²) in [6.07, 6.45) is 0.443. The third-order valence-corrected chi connectivity index (χ3v) is 4.96. The summed E-state index contributed by atoms with van der Waals surface area (Å²) in [6.45, 7) is 0. The maximum Gasteiger partial charge on any atom is 0.330 e. The number of hydrogen-bond donors (Lipinski definition) is 2. The van der Waals surface area contributed by atoms with Gasteiger partial charge in [0.15, 0.2) is 0 Å². The largest absolute Gasteiger partial charge is 0.461 e. The Bertz CT molecular complexity index is 750. The fraction of sp³-hybridized carbons (Fsp3) is 0.143. The number of benzene rings is 1. The van der Waals surface area contributed by atoms with Gasteiger partial charge in [-0.05, 0) is 24.3 Å². The van der Waals surface area contributed by atoms with E-state index in [1.54, 1.807) is 6.07 Å². The molecule has 0 saturated carbocycles. The van der Waals surface area contributed by atoms with Crippen molar-refractivity contribution in [3.05, 3.63) is 58.0 Å². The molecule has 0 aliphatic rings. The third kappa shape index (κ3) is 3.19. The second kappa shape index (κ2) is 5.19. The van der Waals surface area contributed by atoms with Crippen LogP contribution in [0.5, 0.6) is 0 Å². The van der Waals surface area contributed by atoms with Gasteiger partial charge >= 0.3 is 7.60 Å². The van der Waals surface area contributed by atoms with Crippen LogP contribution in [0.4, 0.5) is 0 Å².